The van der Waals surface area contributed by atoms with E-state index in [0.29, 0.717) is 5.75 Å². The average molecular weight is 469 g/mol. The zero-order valence-corrected chi connectivity index (χ0v) is 17.6. The van der Waals surface area contributed by atoms with Gasteiger partial charge in [-0.3, -0.25) is 0 Å². The minimum Gasteiger partial charge on any atom is -0.423 e. The number of carbonyl (C=O) groups is 1. The molecule has 0 amide bonds. The van der Waals surface area contributed by atoms with E-state index < -0.39 is 16.0 Å². The van der Waals surface area contributed by atoms with Crippen LogP contribution in [0.3, 0.4) is 0 Å². The predicted octanol–water partition coefficient (Wildman–Crippen LogP) is 4.73. The number of fused-ring (bicyclic) bond motifs is 1. The van der Waals surface area contributed by atoms with E-state index in [1.54, 1.807) is 12.1 Å². The van der Waals surface area contributed by atoms with Crippen molar-refractivity contribution in [3.63, 3.8) is 0 Å². The van der Waals surface area contributed by atoms with E-state index in [-0.39, 0.29) is 15.5 Å². The summed E-state index contributed by atoms with van der Waals surface area (Å²) in [5, 5.41) is 2.00. The number of rotatable bonds is 4. The fraction of sp³-hybridized carbons (Fsp3) is 0.105. The second-order valence-corrected chi connectivity index (χ2v) is 9.45. The van der Waals surface area contributed by atoms with Crippen molar-refractivity contribution in [3.05, 3.63) is 69.7 Å². The SMILES string of the molecule is CN(C)S(=O)(=O)c1ccc(Cl)c(C(=O)Oc2ccc3cc(Br)ccc3c2)c1. The topological polar surface area (TPSA) is 63.7 Å². The maximum absolute atomic E-state index is 12.6. The number of benzene rings is 3. The third-order valence-corrected chi connectivity index (χ3v) is 6.55. The Morgan fingerprint density at radius 1 is 1.00 bits per heavy atom. The third-order valence-electron chi connectivity index (χ3n) is 3.92. The Morgan fingerprint density at radius 3 is 2.37 bits per heavy atom. The molecule has 0 saturated heterocycles. The number of hydrogen-bond acceptors (Lipinski definition) is 4. The van der Waals surface area contributed by atoms with Crippen molar-refractivity contribution in [2.45, 2.75) is 4.90 Å². The highest BCUT2D eigenvalue weighted by Crippen LogP contribution is 2.27. The molecule has 140 valence electrons. The van der Waals surface area contributed by atoms with Crippen LogP contribution in [-0.2, 0) is 10.0 Å². The molecular formula is C19H15BrClNO4S. The van der Waals surface area contributed by atoms with Crippen LogP contribution >= 0.6 is 27.5 Å². The summed E-state index contributed by atoms with van der Waals surface area (Å²) in [6.45, 7) is 0. The molecule has 8 heteroatoms. The molecule has 0 aromatic heterocycles. The molecule has 0 aliphatic rings. The van der Waals surface area contributed by atoms with Crippen LogP contribution in [0, 0.1) is 0 Å². The van der Waals surface area contributed by atoms with E-state index >= 15 is 0 Å². The molecule has 0 N–H and O–H groups in total. The van der Waals surface area contributed by atoms with Crippen molar-refractivity contribution in [2.24, 2.45) is 0 Å². The Labute approximate surface area is 170 Å². The summed E-state index contributed by atoms with van der Waals surface area (Å²) in [5.41, 5.74) is -0.0181. The Morgan fingerprint density at radius 2 is 1.67 bits per heavy atom. The fourth-order valence-electron chi connectivity index (χ4n) is 2.45. The molecule has 3 aromatic rings. The molecule has 3 aromatic carbocycles. The highest BCUT2D eigenvalue weighted by molar-refractivity contribution is 9.10. The van der Waals surface area contributed by atoms with E-state index in [9.17, 15) is 13.2 Å². The Hall–Kier alpha value is -1.93. The van der Waals surface area contributed by atoms with E-state index in [1.165, 1.54) is 32.3 Å². The maximum atomic E-state index is 12.6. The molecular weight excluding hydrogens is 454 g/mol. The highest BCUT2D eigenvalue weighted by Gasteiger charge is 2.21. The first-order chi connectivity index (χ1) is 12.7. The van der Waals surface area contributed by atoms with Gasteiger partial charge in [-0.2, -0.15) is 0 Å². The molecule has 0 spiro atoms. The summed E-state index contributed by atoms with van der Waals surface area (Å²) in [6, 6.07) is 14.9. The Bertz CT molecular complexity index is 1150. The molecule has 0 aliphatic carbocycles. The van der Waals surface area contributed by atoms with Gasteiger partial charge in [0.15, 0.2) is 0 Å². The van der Waals surface area contributed by atoms with E-state index in [0.717, 1.165) is 19.6 Å². The summed E-state index contributed by atoms with van der Waals surface area (Å²) < 4.78 is 32.0. The van der Waals surface area contributed by atoms with Crippen LogP contribution < -0.4 is 4.74 Å². The molecule has 0 unspecified atom stereocenters. The van der Waals surface area contributed by atoms with Gasteiger partial charge in [-0.15, -0.1) is 0 Å². The largest absolute Gasteiger partial charge is 0.423 e. The molecule has 0 bridgehead atoms. The van der Waals surface area contributed by atoms with Crippen LogP contribution in [0.4, 0.5) is 0 Å². The summed E-state index contributed by atoms with van der Waals surface area (Å²) in [5.74, 6) is -0.390. The maximum Gasteiger partial charge on any atom is 0.345 e. The minimum absolute atomic E-state index is 0.0181. The lowest BCUT2D eigenvalue weighted by Gasteiger charge is -2.13. The van der Waals surface area contributed by atoms with Gasteiger partial charge >= 0.3 is 5.97 Å². The van der Waals surface area contributed by atoms with Gasteiger partial charge in [0.25, 0.3) is 0 Å². The molecule has 0 aliphatic heterocycles. The second kappa shape index (κ2) is 7.59. The number of esters is 1. The number of halogens is 2. The van der Waals surface area contributed by atoms with Crippen LogP contribution in [0.2, 0.25) is 5.02 Å². The summed E-state index contributed by atoms with van der Waals surface area (Å²) in [6.07, 6.45) is 0. The molecule has 5 nitrogen and oxygen atoms in total. The number of sulfonamides is 1. The molecule has 27 heavy (non-hydrogen) atoms. The van der Waals surface area contributed by atoms with Crippen molar-refractivity contribution in [1.29, 1.82) is 0 Å². The zero-order valence-electron chi connectivity index (χ0n) is 14.4. The molecule has 0 saturated carbocycles. The van der Waals surface area contributed by atoms with Crippen molar-refractivity contribution < 1.29 is 17.9 Å². The standard InChI is InChI=1S/C19H15BrClNO4S/c1-22(2)27(24,25)16-7-8-18(21)17(11-16)19(23)26-15-6-4-12-9-14(20)5-3-13(12)10-15/h3-11H,1-2H3. The third kappa shape index (κ3) is 4.16. The van der Waals surface area contributed by atoms with Crippen LogP contribution in [0.1, 0.15) is 10.4 Å². The predicted molar refractivity (Wildman–Crippen MR) is 109 cm³/mol. The van der Waals surface area contributed by atoms with Gasteiger partial charge in [0, 0.05) is 18.6 Å². The fourth-order valence-corrected chi connectivity index (χ4v) is 3.95. The van der Waals surface area contributed by atoms with Crippen molar-refractivity contribution >= 4 is 54.3 Å². The van der Waals surface area contributed by atoms with E-state index in [2.05, 4.69) is 15.9 Å². The number of ether oxygens (including phenoxy) is 1. The van der Waals surface area contributed by atoms with Gasteiger partial charge in [0.05, 0.1) is 15.5 Å². The van der Waals surface area contributed by atoms with Gasteiger partial charge in [0.2, 0.25) is 10.0 Å². The van der Waals surface area contributed by atoms with Crippen LogP contribution in [-0.4, -0.2) is 32.8 Å². The first-order valence-corrected chi connectivity index (χ1v) is 10.4. The lowest BCUT2D eigenvalue weighted by atomic mass is 10.1. The van der Waals surface area contributed by atoms with Gasteiger partial charge in [-0.1, -0.05) is 39.7 Å². The van der Waals surface area contributed by atoms with Gasteiger partial charge in [-0.25, -0.2) is 17.5 Å². The van der Waals surface area contributed by atoms with Gasteiger partial charge in [0.1, 0.15) is 5.75 Å². The van der Waals surface area contributed by atoms with Gasteiger partial charge < -0.3 is 4.74 Å². The monoisotopic (exact) mass is 467 g/mol. The lowest BCUT2D eigenvalue weighted by molar-refractivity contribution is 0.0735. The minimum atomic E-state index is -3.69. The molecule has 0 heterocycles. The van der Waals surface area contributed by atoms with E-state index in [4.69, 9.17) is 16.3 Å². The van der Waals surface area contributed by atoms with E-state index in [1.807, 2.05) is 24.3 Å². The molecule has 3 rings (SSSR count). The van der Waals surface area contributed by atoms with Crippen LogP contribution in [0.25, 0.3) is 10.8 Å². The normalized spacial score (nSPS) is 11.7. The first-order valence-electron chi connectivity index (χ1n) is 7.82. The van der Waals surface area contributed by atoms with Crippen LogP contribution in [0.5, 0.6) is 5.75 Å². The zero-order chi connectivity index (χ0) is 19.8. The molecule has 0 radical (unpaired) electrons. The highest BCUT2D eigenvalue weighted by atomic mass is 79.9. The summed E-state index contributed by atoms with van der Waals surface area (Å²) in [4.78, 5) is 12.5. The average Bonchev–Trinajstić information content (AvgIpc) is 2.61. The lowest BCUT2D eigenvalue weighted by Crippen LogP contribution is -2.22. The number of hydrogen-bond donors (Lipinski definition) is 0. The van der Waals surface area contributed by atoms with Crippen molar-refractivity contribution in [2.75, 3.05) is 14.1 Å². The Kier molecular flexibility index (Phi) is 5.58. The second-order valence-electron chi connectivity index (χ2n) is 5.97. The number of carbonyl (C=O) groups excluding carboxylic acids is 1. The summed E-state index contributed by atoms with van der Waals surface area (Å²) >= 11 is 9.49. The Balaban J connectivity index is 1.93. The van der Waals surface area contributed by atoms with Gasteiger partial charge in [-0.05, 0) is 53.2 Å². The quantitative estimate of drug-likeness (QED) is 0.410. The number of nitrogens with zero attached hydrogens (tertiary/aromatic N) is 1. The summed E-state index contributed by atoms with van der Waals surface area (Å²) in [7, 11) is -0.869. The smallest absolute Gasteiger partial charge is 0.345 e. The first kappa shape index (κ1) is 19.8. The van der Waals surface area contributed by atoms with Crippen molar-refractivity contribution in [3.8, 4) is 5.75 Å². The molecule has 0 atom stereocenters. The molecule has 0 fully saturated rings. The van der Waals surface area contributed by atoms with Crippen LogP contribution in [0.15, 0.2) is 64.0 Å². The van der Waals surface area contributed by atoms with Crippen molar-refractivity contribution in [1.82, 2.24) is 4.31 Å².